The highest BCUT2D eigenvalue weighted by Crippen LogP contribution is 2.38. The SMILES string of the molecule is CCC1(c2ccc(C(F)(F)F)cc2C)CCCN1. The van der Waals surface area contributed by atoms with E-state index in [0.29, 0.717) is 0 Å². The molecule has 1 heterocycles. The molecule has 1 unspecified atom stereocenters. The van der Waals surface area contributed by atoms with E-state index in [2.05, 4.69) is 12.2 Å². The van der Waals surface area contributed by atoms with Crippen LogP contribution in [0.5, 0.6) is 0 Å². The van der Waals surface area contributed by atoms with Crippen LogP contribution in [0.15, 0.2) is 18.2 Å². The maximum absolute atomic E-state index is 12.6. The van der Waals surface area contributed by atoms with E-state index in [4.69, 9.17) is 0 Å². The molecule has 1 N–H and O–H groups in total. The highest BCUT2D eigenvalue weighted by Gasteiger charge is 2.36. The van der Waals surface area contributed by atoms with Gasteiger partial charge >= 0.3 is 6.18 Å². The third-order valence-electron chi connectivity index (χ3n) is 3.92. The van der Waals surface area contributed by atoms with E-state index in [0.717, 1.165) is 36.9 Å². The first-order valence-electron chi connectivity index (χ1n) is 6.32. The van der Waals surface area contributed by atoms with Gasteiger partial charge in [0.05, 0.1) is 5.56 Å². The van der Waals surface area contributed by atoms with Gasteiger partial charge in [-0.3, -0.25) is 0 Å². The Hall–Kier alpha value is -1.03. The average Bonchev–Trinajstić information content (AvgIpc) is 2.77. The number of alkyl halides is 3. The van der Waals surface area contributed by atoms with Crippen molar-refractivity contribution in [2.24, 2.45) is 0 Å². The molecule has 1 aromatic carbocycles. The lowest BCUT2D eigenvalue weighted by atomic mass is 9.83. The summed E-state index contributed by atoms with van der Waals surface area (Å²) in [5.41, 5.74) is 1.04. The fraction of sp³-hybridized carbons (Fsp3) is 0.571. The molecule has 1 aliphatic heterocycles. The molecule has 1 atom stereocenters. The number of hydrogen-bond donors (Lipinski definition) is 1. The molecule has 0 bridgehead atoms. The minimum atomic E-state index is -4.26. The molecule has 0 spiro atoms. The van der Waals surface area contributed by atoms with Gasteiger partial charge in [-0.05, 0) is 56.0 Å². The van der Waals surface area contributed by atoms with Crippen molar-refractivity contribution in [3.63, 3.8) is 0 Å². The first kappa shape index (κ1) is 13.4. The lowest BCUT2D eigenvalue weighted by Gasteiger charge is -2.31. The molecular weight excluding hydrogens is 239 g/mol. The van der Waals surface area contributed by atoms with E-state index in [1.54, 1.807) is 13.0 Å². The largest absolute Gasteiger partial charge is 0.416 e. The first-order valence-corrected chi connectivity index (χ1v) is 6.32. The minimum Gasteiger partial charge on any atom is -0.307 e. The topological polar surface area (TPSA) is 12.0 Å². The third kappa shape index (κ3) is 2.26. The predicted molar refractivity (Wildman–Crippen MR) is 65.4 cm³/mol. The number of rotatable bonds is 2. The number of benzene rings is 1. The lowest BCUT2D eigenvalue weighted by molar-refractivity contribution is -0.137. The van der Waals surface area contributed by atoms with Crippen LogP contribution in [0.1, 0.15) is 42.9 Å². The summed E-state index contributed by atoms with van der Waals surface area (Å²) in [5.74, 6) is 0. The molecule has 1 aromatic rings. The molecule has 1 aliphatic rings. The smallest absolute Gasteiger partial charge is 0.307 e. The van der Waals surface area contributed by atoms with Gasteiger partial charge in [0.15, 0.2) is 0 Å². The Labute approximate surface area is 105 Å². The van der Waals surface area contributed by atoms with Crippen LogP contribution in [0, 0.1) is 6.92 Å². The van der Waals surface area contributed by atoms with Gasteiger partial charge in [0, 0.05) is 5.54 Å². The standard InChI is InChI=1S/C14H18F3N/c1-3-13(7-4-8-18-13)12-6-5-11(9-10(12)2)14(15,16)17/h5-6,9,18H,3-4,7-8H2,1-2H3. The van der Waals surface area contributed by atoms with Crippen LogP contribution in [0.3, 0.4) is 0 Å². The van der Waals surface area contributed by atoms with Crippen molar-refractivity contribution in [1.29, 1.82) is 0 Å². The van der Waals surface area contributed by atoms with Crippen molar-refractivity contribution in [3.8, 4) is 0 Å². The van der Waals surface area contributed by atoms with Crippen LogP contribution in [0.25, 0.3) is 0 Å². The van der Waals surface area contributed by atoms with Crippen LogP contribution >= 0.6 is 0 Å². The summed E-state index contributed by atoms with van der Waals surface area (Å²) < 4.78 is 37.9. The summed E-state index contributed by atoms with van der Waals surface area (Å²) in [6.07, 6.45) is -1.28. The van der Waals surface area contributed by atoms with Gasteiger partial charge in [-0.25, -0.2) is 0 Å². The van der Waals surface area contributed by atoms with Crippen molar-refractivity contribution in [1.82, 2.24) is 5.32 Å². The van der Waals surface area contributed by atoms with Crippen molar-refractivity contribution in [2.45, 2.75) is 44.8 Å². The zero-order valence-corrected chi connectivity index (χ0v) is 10.7. The van der Waals surface area contributed by atoms with Crippen LogP contribution in [-0.2, 0) is 11.7 Å². The van der Waals surface area contributed by atoms with Gasteiger partial charge < -0.3 is 5.32 Å². The van der Waals surface area contributed by atoms with Crippen molar-refractivity contribution in [2.75, 3.05) is 6.54 Å². The molecule has 4 heteroatoms. The Morgan fingerprint density at radius 3 is 2.50 bits per heavy atom. The summed E-state index contributed by atoms with van der Waals surface area (Å²) in [6, 6.07) is 4.09. The molecule has 0 radical (unpaired) electrons. The normalized spacial score (nSPS) is 24.5. The summed E-state index contributed by atoms with van der Waals surface area (Å²) >= 11 is 0. The average molecular weight is 257 g/mol. The molecular formula is C14H18F3N. The maximum atomic E-state index is 12.6. The number of halogens is 3. The third-order valence-corrected chi connectivity index (χ3v) is 3.92. The van der Waals surface area contributed by atoms with Gasteiger partial charge in [-0.1, -0.05) is 13.0 Å². The van der Waals surface area contributed by atoms with Gasteiger partial charge in [-0.15, -0.1) is 0 Å². The predicted octanol–water partition coefficient (Wildman–Crippen LogP) is 4.00. The molecule has 1 saturated heterocycles. The summed E-state index contributed by atoms with van der Waals surface area (Å²) in [5, 5.41) is 3.45. The Morgan fingerprint density at radius 1 is 1.33 bits per heavy atom. The van der Waals surface area contributed by atoms with E-state index in [9.17, 15) is 13.2 Å². The van der Waals surface area contributed by atoms with Gasteiger partial charge in [0.2, 0.25) is 0 Å². The van der Waals surface area contributed by atoms with Gasteiger partial charge in [-0.2, -0.15) is 13.2 Å². The second-order valence-electron chi connectivity index (χ2n) is 4.99. The van der Waals surface area contributed by atoms with Crippen LogP contribution in [-0.4, -0.2) is 6.54 Å². The Kier molecular flexibility index (Phi) is 3.41. The number of hydrogen-bond acceptors (Lipinski definition) is 1. The molecule has 0 aliphatic carbocycles. The van der Waals surface area contributed by atoms with E-state index < -0.39 is 11.7 Å². The Balaban J connectivity index is 2.41. The van der Waals surface area contributed by atoms with E-state index in [-0.39, 0.29) is 5.54 Å². The highest BCUT2D eigenvalue weighted by atomic mass is 19.4. The van der Waals surface area contributed by atoms with Crippen molar-refractivity contribution in [3.05, 3.63) is 34.9 Å². The molecule has 1 fully saturated rings. The molecule has 18 heavy (non-hydrogen) atoms. The Bertz CT molecular complexity index is 431. The molecule has 0 saturated carbocycles. The van der Waals surface area contributed by atoms with Gasteiger partial charge in [0.1, 0.15) is 0 Å². The molecule has 100 valence electrons. The van der Waals surface area contributed by atoms with Crippen LogP contribution in [0.4, 0.5) is 13.2 Å². The fourth-order valence-electron chi connectivity index (χ4n) is 2.91. The van der Waals surface area contributed by atoms with E-state index >= 15 is 0 Å². The highest BCUT2D eigenvalue weighted by molar-refractivity contribution is 5.38. The summed E-state index contributed by atoms with van der Waals surface area (Å²) in [6.45, 7) is 4.78. The zero-order chi connectivity index (χ0) is 13.4. The first-order chi connectivity index (χ1) is 8.39. The van der Waals surface area contributed by atoms with Crippen molar-refractivity contribution >= 4 is 0 Å². The van der Waals surface area contributed by atoms with Crippen molar-refractivity contribution < 1.29 is 13.2 Å². The van der Waals surface area contributed by atoms with E-state index in [1.165, 1.54) is 12.1 Å². The minimum absolute atomic E-state index is 0.131. The maximum Gasteiger partial charge on any atom is 0.416 e. The summed E-state index contributed by atoms with van der Waals surface area (Å²) in [7, 11) is 0. The molecule has 0 amide bonds. The lowest BCUT2D eigenvalue weighted by Crippen LogP contribution is -2.36. The van der Waals surface area contributed by atoms with E-state index in [1.807, 2.05) is 0 Å². The quantitative estimate of drug-likeness (QED) is 0.844. The zero-order valence-electron chi connectivity index (χ0n) is 10.7. The number of nitrogens with one attached hydrogen (secondary N) is 1. The van der Waals surface area contributed by atoms with Crippen LogP contribution in [0.2, 0.25) is 0 Å². The van der Waals surface area contributed by atoms with Gasteiger partial charge in [0.25, 0.3) is 0 Å². The number of aryl methyl sites for hydroxylation is 1. The summed E-state index contributed by atoms with van der Waals surface area (Å²) in [4.78, 5) is 0. The molecule has 0 aromatic heterocycles. The van der Waals surface area contributed by atoms with Crippen LogP contribution < -0.4 is 5.32 Å². The fourth-order valence-corrected chi connectivity index (χ4v) is 2.91. The second-order valence-corrected chi connectivity index (χ2v) is 4.99. The monoisotopic (exact) mass is 257 g/mol. The molecule has 1 nitrogen and oxygen atoms in total. The Morgan fingerprint density at radius 2 is 2.06 bits per heavy atom. The molecule has 2 rings (SSSR count). The second kappa shape index (κ2) is 4.57.